The van der Waals surface area contributed by atoms with Crippen molar-refractivity contribution in [2.45, 2.75) is 0 Å². The van der Waals surface area contributed by atoms with Crippen LogP contribution in [0.15, 0.2) is 18.2 Å². The number of rotatable bonds is 2. The topological polar surface area (TPSA) is 93.1 Å². The summed E-state index contributed by atoms with van der Waals surface area (Å²) in [6, 6.07) is 3.53. The van der Waals surface area contributed by atoms with E-state index in [1.807, 2.05) is 0 Å². The molecule has 0 bridgehead atoms. The zero-order chi connectivity index (χ0) is 9.14. The molecule has 0 aliphatic carbocycles. The van der Waals surface area contributed by atoms with Gasteiger partial charge in [0, 0.05) is 0 Å². The van der Waals surface area contributed by atoms with Crippen LogP contribution in [0, 0.1) is 0 Å². The number of carbonyl (C=O) groups is 2. The Morgan fingerprint density at radius 3 is 1.64 bits per heavy atom. The van der Waals surface area contributed by atoms with Gasteiger partial charge < -0.3 is 19.8 Å². The van der Waals surface area contributed by atoms with Gasteiger partial charge in [-0.25, -0.2) is 4.98 Å². The van der Waals surface area contributed by atoms with Gasteiger partial charge in [0.25, 0.3) is 0 Å². The summed E-state index contributed by atoms with van der Waals surface area (Å²) in [6.07, 6.45) is 0. The van der Waals surface area contributed by atoms with Gasteiger partial charge >= 0.3 is 103 Å². The Kier molecular flexibility index (Phi) is 10.8. The van der Waals surface area contributed by atoms with Gasteiger partial charge in [-0.15, -0.1) is 0 Å². The molecule has 0 unspecified atom stereocenters. The molecule has 7 heteroatoms. The molecular formula is C7H3K2NO4. The molecule has 0 fully saturated rings. The molecule has 0 radical (unpaired) electrons. The van der Waals surface area contributed by atoms with E-state index < -0.39 is 23.3 Å². The van der Waals surface area contributed by atoms with Crippen molar-refractivity contribution < 1.29 is 123 Å². The molecule has 1 aromatic heterocycles. The van der Waals surface area contributed by atoms with E-state index in [1.165, 1.54) is 6.07 Å². The van der Waals surface area contributed by atoms with Gasteiger partial charge in [-0.1, -0.05) is 6.07 Å². The molecule has 0 aromatic carbocycles. The first-order valence-electron chi connectivity index (χ1n) is 3.01. The van der Waals surface area contributed by atoms with Gasteiger partial charge in [-0.05, 0) is 12.1 Å². The maximum atomic E-state index is 10.2. The Labute approximate surface area is 165 Å². The van der Waals surface area contributed by atoms with Crippen LogP contribution < -0.4 is 113 Å². The number of hydrogen-bond acceptors (Lipinski definition) is 5. The third-order valence-corrected chi connectivity index (χ3v) is 1.17. The van der Waals surface area contributed by atoms with Crippen molar-refractivity contribution in [1.82, 2.24) is 4.98 Å². The molecule has 0 saturated heterocycles. The fourth-order valence-electron chi connectivity index (χ4n) is 0.662. The van der Waals surface area contributed by atoms with Gasteiger partial charge in [-0.2, -0.15) is 0 Å². The second-order valence-corrected chi connectivity index (χ2v) is 1.98. The van der Waals surface area contributed by atoms with E-state index in [-0.39, 0.29) is 103 Å². The maximum Gasteiger partial charge on any atom is 1.00 e. The van der Waals surface area contributed by atoms with Gasteiger partial charge in [-0.3, -0.25) is 0 Å². The predicted octanol–water partition coefficient (Wildman–Crippen LogP) is -8.18. The van der Waals surface area contributed by atoms with E-state index in [9.17, 15) is 19.8 Å². The van der Waals surface area contributed by atoms with E-state index in [0.29, 0.717) is 0 Å². The summed E-state index contributed by atoms with van der Waals surface area (Å²) >= 11 is 0. The maximum absolute atomic E-state index is 10.2. The minimum Gasteiger partial charge on any atom is -0.543 e. The number of aromatic carboxylic acids is 2. The first kappa shape index (κ1) is 17.7. The van der Waals surface area contributed by atoms with E-state index >= 15 is 0 Å². The largest absolute Gasteiger partial charge is 1.00 e. The van der Waals surface area contributed by atoms with Crippen molar-refractivity contribution in [1.29, 1.82) is 0 Å². The number of nitrogens with zero attached hydrogens (tertiary/aromatic N) is 1. The Morgan fingerprint density at radius 1 is 1.00 bits per heavy atom. The van der Waals surface area contributed by atoms with E-state index in [0.717, 1.165) is 12.1 Å². The number of carboxylic acid groups (broad SMARTS) is 2. The SMILES string of the molecule is O=C([O-])c1cccc(C(=O)[O-])n1.[K+].[K+]. The molecule has 0 N–H and O–H groups in total. The van der Waals surface area contributed by atoms with Crippen LogP contribution in [0.2, 0.25) is 0 Å². The van der Waals surface area contributed by atoms with Crippen LogP contribution in [-0.2, 0) is 0 Å². The summed E-state index contributed by atoms with van der Waals surface area (Å²) in [5, 5.41) is 20.4. The van der Waals surface area contributed by atoms with Crippen LogP contribution in [0.3, 0.4) is 0 Å². The van der Waals surface area contributed by atoms with Crippen LogP contribution in [0.4, 0.5) is 0 Å². The summed E-state index contributed by atoms with van der Waals surface area (Å²) < 4.78 is 0. The summed E-state index contributed by atoms with van der Waals surface area (Å²) in [7, 11) is 0. The average molecular weight is 243 g/mol. The Bertz CT molecular complexity index is 313. The summed E-state index contributed by atoms with van der Waals surface area (Å²) in [5.41, 5.74) is -0.839. The van der Waals surface area contributed by atoms with Crippen molar-refractivity contribution in [2.24, 2.45) is 0 Å². The molecule has 1 rings (SSSR count). The summed E-state index contributed by atoms with van der Waals surface area (Å²) in [6.45, 7) is 0. The molecule has 1 heterocycles. The third-order valence-electron chi connectivity index (χ3n) is 1.17. The van der Waals surface area contributed by atoms with Crippen LogP contribution in [-0.4, -0.2) is 16.9 Å². The van der Waals surface area contributed by atoms with Gasteiger partial charge in [0.05, 0.1) is 23.3 Å². The molecule has 14 heavy (non-hydrogen) atoms. The number of hydrogen-bond donors (Lipinski definition) is 0. The van der Waals surface area contributed by atoms with E-state index in [4.69, 9.17) is 0 Å². The minimum absolute atomic E-state index is 0. The minimum atomic E-state index is -1.52. The number of pyridine rings is 1. The van der Waals surface area contributed by atoms with Gasteiger partial charge in [0.15, 0.2) is 0 Å². The molecule has 0 spiro atoms. The predicted molar refractivity (Wildman–Crippen MR) is 32.9 cm³/mol. The quantitative estimate of drug-likeness (QED) is 0.481. The summed E-state index contributed by atoms with van der Waals surface area (Å²) in [5.74, 6) is -3.03. The molecule has 1 aromatic rings. The Balaban J connectivity index is 0. The Hall–Kier alpha value is 1.36. The van der Waals surface area contributed by atoms with Gasteiger partial charge in [0.1, 0.15) is 0 Å². The standard InChI is InChI=1S/C7H5NO4.2K/c9-6(10)4-2-1-3-5(8-4)7(11)12;;/h1-3H,(H,9,10)(H,11,12);;/q;2*+1/p-2. The van der Waals surface area contributed by atoms with Crippen LogP contribution in [0.1, 0.15) is 21.0 Å². The van der Waals surface area contributed by atoms with E-state index in [2.05, 4.69) is 4.98 Å². The fraction of sp³-hybridized carbons (Fsp3) is 0. The van der Waals surface area contributed by atoms with Crippen LogP contribution in [0.25, 0.3) is 0 Å². The molecule has 0 aliphatic heterocycles. The number of carboxylic acids is 2. The fourth-order valence-corrected chi connectivity index (χ4v) is 0.662. The second-order valence-electron chi connectivity index (χ2n) is 1.98. The smallest absolute Gasteiger partial charge is 0.543 e. The monoisotopic (exact) mass is 243 g/mol. The normalized spacial score (nSPS) is 8.00. The number of aromatic nitrogens is 1. The summed E-state index contributed by atoms with van der Waals surface area (Å²) in [4.78, 5) is 23.6. The average Bonchev–Trinajstić information content (AvgIpc) is 2.04. The second kappa shape index (κ2) is 8.51. The first-order valence-corrected chi connectivity index (χ1v) is 3.01. The zero-order valence-electron chi connectivity index (χ0n) is 7.81. The van der Waals surface area contributed by atoms with Crippen LogP contribution in [0.5, 0.6) is 0 Å². The van der Waals surface area contributed by atoms with Crippen molar-refractivity contribution in [2.75, 3.05) is 0 Å². The van der Waals surface area contributed by atoms with Crippen molar-refractivity contribution in [3.63, 3.8) is 0 Å². The Morgan fingerprint density at radius 2 is 1.36 bits per heavy atom. The molecule has 0 aliphatic rings. The van der Waals surface area contributed by atoms with Crippen molar-refractivity contribution in [3.8, 4) is 0 Å². The molecule has 0 atom stereocenters. The molecular weight excluding hydrogens is 240 g/mol. The number of carbonyl (C=O) groups excluding carboxylic acids is 2. The molecule has 5 nitrogen and oxygen atoms in total. The first-order chi connectivity index (χ1) is 5.61. The van der Waals surface area contributed by atoms with Gasteiger partial charge in [0.2, 0.25) is 0 Å². The van der Waals surface area contributed by atoms with Crippen molar-refractivity contribution in [3.05, 3.63) is 29.6 Å². The molecule has 62 valence electrons. The molecule has 0 amide bonds. The van der Waals surface area contributed by atoms with Crippen LogP contribution >= 0.6 is 0 Å². The zero-order valence-corrected chi connectivity index (χ0v) is 14.1. The third kappa shape index (κ3) is 5.45. The molecule has 0 saturated carbocycles. The van der Waals surface area contributed by atoms with E-state index in [1.54, 1.807) is 0 Å². The van der Waals surface area contributed by atoms with Crippen molar-refractivity contribution >= 4 is 11.9 Å².